The molecule has 3 heteroatoms. The highest BCUT2D eigenvalue weighted by Crippen LogP contribution is 2.34. The van der Waals surface area contributed by atoms with Crippen LogP contribution in [0.2, 0.25) is 0 Å². The summed E-state index contributed by atoms with van der Waals surface area (Å²) in [6.07, 6.45) is 4.40. The lowest BCUT2D eigenvalue weighted by Crippen LogP contribution is -2.21. The molecular weight excluding hydrogens is 264 g/mol. The number of carbonyl (C=O) groups excluding carboxylic acids is 1. The summed E-state index contributed by atoms with van der Waals surface area (Å²) in [5, 5.41) is 0. The monoisotopic (exact) mass is 290 g/mol. The van der Waals surface area contributed by atoms with E-state index in [0.717, 1.165) is 29.9 Å². The Morgan fingerprint density at radius 3 is 2.48 bits per heavy atom. The van der Waals surface area contributed by atoms with Crippen molar-refractivity contribution in [2.45, 2.75) is 51.9 Å². The molecule has 0 amide bonds. The summed E-state index contributed by atoms with van der Waals surface area (Å²) in [5.41, 5.74) is 1.02. The predicted molar refractivity (Wildman–Crippen MR) is 84.2 cm³/mol. The number of rotatable bonds is 5. The summed E-state index contributed by atoms with van der Waals surface area (Å²) >= 11 is 0. The van der Waals surface area contributed by atoms with Crippen LogP contribution >= 0.6 is 0 Å². The molecule has 1 saturated carbocycles. The lowest BCUT2D eigenvalue weighted by molar-refractivity contribution is -0.124. The van der Waals surface area contributed by atoms with Crippen LogP contribution in [0.5, 0.6) is 11.5 Å². The van der Waals surface area contributed by atoms with Crippen LogP contribution in [0.25, 0.3) is 0 Å². The fourth-order valence-electron chi connectivity index (χ4n) is 2.86. The van der Waals surface area contributed by atoms with Gasteiger partial charge in [-0.3, -0.25) is 4.79 Å². The first-order chi connectivity index (χ1) is 9.91. The fourth-order valence-corrected chi connectivity index (χ4v) is 2.86. The van der Waals surface area contributed by atoms with E-state index in [0.29, 0.717) is 0 Å². The van der Waals surface area contributed by atoms with Crippen LogP contribution in [0.4, 0.5) is 0 Å². The zero-order valence-corrected chi connectivity index (χ0v) is 13.6. The first kappa shape index (κ1) is 15.9. The maximum atomic E-state index is 12.2. The Hall–Kier alpha value is -1.51. The zero-order chi connectivity index (χ0) is 15.5. The van der Waals surface area contributed by atoms with Gasteiger partial charge < -0.3 is 9.47 Å². The molecule has 1 aromatic rings. The number of ketones is 1. The third-order valence-electron chi connectivity index (χ3n) is 4.18. The van der Waals surface area contributed by atoms with E-state index >= 15 is 0 Å². The van der Waals surface area contributed by atoms with Gasteiger partial charge in [0.1, 0.15) is 18.1 Å². The quantitative estimate of drug-likeness (QED) is 0.818. The normalized spacial score (nSPS) is 16.0. The summed E-state index contributed by atoms with van der Waals surface area (Å²) in [4.78, 5) is 12.2. The molecular formula is C18H26O3. The first-order valence-electron chi connectivity index (χ1n) is 7.76. The molecule has 116 valence electrons. The molecule has 1 fully saturated rings. The lowest BCUT2D eigenvalue weighted by Gasteiger charge is -2.23. The Morgan fingerprint density at radius 2 is 1.90 bits per heavy atom. The van der Waals surface area contributed by atoms with E-state index < -0.39 is 0 Å². The Bertz CT molecular complexity index is 494. The van der Waals surface area contributed by atoms with Crippen molar-refractivity contribution in [2.24, 2.45) is 5.92 Å². The molecule has 0 spiro atoms. The molecule has 21 heavy (non-hydrogen) atoms. The van der Waals surface area contributed by atoms with Gasteiger partial charge in [-0.15, -0.1) is 0 Å². The van der Waals surface area contributed by atoms with E-state index in [1.54, 1.807) is 7.11 Å². The minimum Gasteiger partial charge on any atom is -0.497 e. The van der Waals surface area contributed by atoms with Gasteiger partial charge in [0.15, 0.2) is 5.78 Å². The summed E-state index contributed by atoms with van der Waals surface area (Å²) in [5.74, 6) is 2.05. The van der Waals surface area contributed by atoms with Crippen molar-refractivity contribution in [1.29, 1.82) is 0 Å². The molecule has 0 aromatic heterocycles. The Labute approximate surface area is 127 Å². The summed E-state index contributed by atoms with van der Waals surface area (Å²) < 4.78 is 11.1. The molecule has 0 radical (unpaired) electrons. The first-order valence-corrected chi connectivity index (χ1v) is 7.76. The van der Waals surface area contributed by atoms with Crippen molar-refractivity contribution >= 4 is 5.78 Å². The van der Waals surface area contributed by atoms with Gasteiger partial charge in [0.05, 0.1) is 7.11 Å². The minimum absolute atomic E-state index is 0.0553. The van der Waals surface area contributed by atoms with Gasteiger partial charge in [-0.2, -0.15) is 0 Å². The van der Waals surface area contributed by atoms with Gasteiger partial charge in [0.25, 0.3) is 0 Å². The topological polar surface area (TPSA) is 35.5 Å². The van der Waals surface area contributed by atoms with Gasteiger partial charge in [-0.05, 0) is 36.5 Å². The number of hydrogen-bond donors (Lipinski definition) is 0. The molecule has 1 aliphatic carbocycles. The van der Waals surface area contributed by atoms with Gasteiger partial charge in [-0.1, -0.05) is 33.6 Å². The summed E-state index contributed by atoms with van der Waals surface area (Å²) in [7, 11) is 1.66. The molecule has 0 N–H and O–H groups in total. The fraction of sp³-hybridized carbons (Fsp3) is 0.611. The maximum Gasteiger partial charge on any atom is 0.173 e. The summed E-state index contributed by atoms with van der Waals surface area (Å²) in [6.45, 7) is 6.58. The number of benzene rings is 1. The second kappa shape index (κ2) is 6.50. The number of Topliss-reactive ketones (excluding diaryl/α,β-unsaturated/α-hetero) is 1. The smallest absolute Gasteiger partial charge is 0.173 e. The number of methoxy groups -OCH3 is 1. The predicted octanol–water partition coefficient (Wildman–Crippen LogP) is 4.13. The standard InChI is InChI=1S/C18H26O3/c1-18(2,3)15-11-14(20-4)9-10-17(15)21-12-16(19)13-7-5-6-8-13/h9-11,13H,5-8,12H2,1-4H3. The highest BCUT2D eigenvalue weighted by Gasteiger charge is 2.24. The van der Waals surface area contributed by atoms with Crippen LogP contribution in [0.3, 0.4) is 0 Å². The molecule has 0 saturated heterocycles. The van der Waals surface area contributed by atoms with E-state index in [-0.39, 0.29) is 23.7 Å². The van der Waals surface area contributed by atoms with E-state index in [9.17, 15) is 4.79 Å². The Balaban J connectivity index is 2.10. The van der Waals surface area contributed by atoms with E-state index in [4.69, 9.17) is 9.47 Å². The molecule has 0 heterocycles. The molecule has 0 bridgehead atoms. The highest BCUT2D eigenvalue weighted by atomic mass is 16.5. The second-order valence-electron chi connectivity index (χ2n) is 6.85. The molecule has 0 aliphatic heterocycles. The van der Waals surface area contributed by atoms with Crippen LogP contribution < -0.4 is 9.47 Å². The van der Waals surface area contributed by atoms with Crippen LogP contribution in [-0.2, 0) is 10.2 Å². The van der Waals surface area contributed by atoms with Crippen molar-refractivity contribution in [2.75, 3.05) is 13.7 Å². The van der Waals surface area contributed by atoms with Crippen LogP contribution in [0, 0.1) is 5.92 Å². The van der Waals surface area contributed by atoms with E-state index in [2.05, 4.69) is 20.8 Å². The van der Waals surface area contributed by atoms with Crippen LogP contribution in [0.15, 0.2) is 18.2 Å². The average Bonchev–Trinajstić information content (AvgIpc) is 2.97. The third-order valence-corrected chi connectivity index (χ3v) is 4.18. The van der Waals surface area contributed by atoms with Gasteiger partial charge in [-0.25, -0.2) is 0 Å². The average molecular weight is 290 g/mol. The maximum absolute atomic E-state index is 12.2. The van der Waals surface area contributed by atoms with Crippen molar-refractivity contribution in [3.63, 3.8) is 0 Å². The largest absolute Gasteiger partial charge is 0.497 e. The SMILES string of the molecule is COc1ccc(OCC(=O)C2CCCC2)c(C(C)(C)C)c1. The van der Waals surface area contributed by atoms with Crippen LogP contribution in [0.1, 0.15) is 52.0 Å². The number of ether oxygens (including phenoxy) is 2. The molecule has 0 atom stereocenters. The van der Waals surface area contributed by atoms with Gasteiger partial charge in [0, 0.05) is 11.5 Å². The molecule has 1 aliphatic rings. The van der Waals surface area contributed by atoms with Gasteiger partial charge in [0.2, 0.25) is 0 Å². The summed E-state index contributed by atoms with van der Waals surface area (Å²) in [6, 6.07) is 5.78. The zero-order valence-electron chi connectivity index (χ0n) is 13.6. The van der Waals surface area contributed by atoms with Crippen LogP contribution in [-0.4, -0.2) is 19.5 Å². The lowest BCUT2D eigenvalue weighted by atomic mass is 9.86. The van der Waals surface area contributed by atoms with Crippen molar-refractivity contribution in [3.05, 3.63) is 23.8 Å². The minimum atomic E-state index is -0.0553. The third kappa shape index (κ3) is 3.99. The second-order valence-corrected chi connectivity index (χ2v) is 6.85. The molecule has 3 nitrogen and oxygen atoms in total. The van der Waals surface area contributed by atoms with Crippen molar-refractivity contribution < 1.29 is 14.3 Å². The Morgan fingerprint density at radius 1 is 1.24 bits per heavy atom. The number of carbonyl (C=O) groups is 1. The van der Waals surface area contributed by atoms with Gasteiger partial charge >= 0.3 is 0 Å². The van der Waals surface area contributed by atoms with E-state index in [1.807, 2.05) is 18.2 Å². The van der Waals surface area contributed by atoms with E-state index in [1.165, 1.54) is 12.8 Å². The van der Waals surface area contributed by atoms with Crippen molar-refractivity contribution in [3.8, 4) is 11.5 Å². The molecule has 0 unspecified atom stereocenters. The Kier molecular flexibility index (Phi) is 4.92. The molecule has 1 aromatic carbocycles. The van der Waals surface area contributed by atoms with Crippen molar-refractivity contribution in [1.82, 2.24) is 0 Å². The molecule has 2 rings (SSSR count). The highest BCUT2D eigenvalue weighted by molar-refractivity contribution is 5.82. The number of hydrogen-bond acceptors (Lipinski definition) is 3.